The Morgan fingerprint density at radius 1 is 1.73 bits per heavy atom. The van der Waals surface area contributed by atoms with Crippen molar-refractivity contribution >= 4 is 5.91 Å². The van der Waals surface area contributed by atoms with Crippen LogP contribution in [0.3, 0.4) is 0 Å². The van der Waals surface area contributed by atoms with Gasteiger partial charge in [-0.3, -0.25) is 4.79 Å². The van der Waals surface area contributed by atoms with Crippen molar-refractivity contribution in [2.24, 2.45) is 11.7 Å². The number of hydrogen-bond donors (Lipinski definition) is 1. The lowest BCUT2D eigenvalue weighted by molar-refractivity contribution is -0.124. The van der Waals surface area contributed by atoms with Crippen LogP contribution in [0, 0.1) is 18.3 Å². The molecule has 1 amide bonds. The molecule has 3 nitrogen and oxygen atoms in total. The van der Waals surface area contributed by atoms with Gasteiger partial charge in [0.15, 0.2) is 0 Å². The van der Waals surface area contributed by atoms with Gasteiger partial charge in [-0.2, -0.15) is 0 Å². The first-order valence-corrected chi connectivity index (χ1v) is 3.66. The maximum atomic E-state index is 10.9. The van der Waals surface area contributed by atoms with E-state index in [0.29, 0.717) is 19.0 Å². The molecule has 1 aliphatic heterocycles. The van der Waals surface area contributed by atoms with Crippen molar-refractivity contribution in [2.75, 3.05) is 13.1 Å². The van der Waals surface area contributed by atoms with Crippen molar-refractivity contribution in [2.45, 2.75) is 13.0 Å². The van der Waals surface area contributed by atoms with E-state index in [0.717, 1.165) is 0 Å². The molecule has 1 saturated heterocycles. The van der Waals surface area contributed by atoms with E-state index in [9.17, 15) is 4.79 Å². The first-order valence-electron chi connectivity index (χ1n) is 3.66. The molecule has 1 fully saturated rings. The Labute approximate surface area is 66.5 Å². The first kappa shape index (κ1) is 8.09. The van der Waals surface area contributed by atoms with Gasteiger partial charge in [0.2, 0.25) is 0 Å². The molecule has 0 aromatic rings. The Kier molecular flexibility index (Phi) is 2.16. The fraction of sp³-hybridized carbons (Fsp3) is 0.625. The number of nitrogens with zero attached hydrogens (tertiary/aromatic N) is 1. The van der Waals surface area contributed by atoms with E-state index in [1.165, 1.54) is 0 Å². The van der Waals surface area contributed by atoms with Gasteiger partial charge < -0.3 is 10.6 Å². The summed E-state index contributed by atoms with van der Waals surface area (Å²) < 4.78 is 0. The summed E-state index contributed by atoms with van der Waals surface area (Å²) in [6.45, 7) is 3.32. The Bertz CT molecular complexity index is 197. The predicted molar refractivity (Wildman–Crippen MR) is 42.6 cm³/mol. The number of hydrogen-bond acceptors (Lipinski definition) is 2. The molecule has 0 saturated carbocycles. The van der Waals surface area contributed by atoms with Crippen molar-refractivity contribution < 1.29 is 4.79 Å². The van der Waals surface area contributed by atoms with Crippen LogP contribution in [-0.4, -0.2) is 29.9 Å². The number of nitrogens with two attached hydrogens (primary N) is 1. The van der Waals surface area contributed by atoms with Gasteiger partial charge in [-0.1, -0.05) is 6.92 Å². The van der Waals surface area contributed by atoms with E-state index < -0.39 is 0 Å². The van der Waals surface area contributed by atoms with Gasteiger partial charge in [-0.25, -0.2) is 0 Å². The molecule has 2 unspecified atom stereocenters. The van der Waals surface area contributed by atoms with Gasteiger partial charge in [0.1, 0.15) is 0 Å². The molecule has 0 spiro atoms. The molecule has 0 aromatic heterocycles. The molecule has 60 valence electrons. The average Bonchev–Trinajstić information content (AvgIpc) is 2.31. The summed E-state index contributed by atoms with van der Waals surface area (Å²) in [6.07, 6.45) is 4.96. The minimum absolute atomic E-state index is 0.0901. The zero-order valence-electron chi connectivity index (χ0n) is 6.58. The summed E-state index contributed by atoms with van der Waals surface area (Å²) >= 11 is 0. The number of rotatable bonds is 0. The first-order chi connectivity index (χ1) is 5.15. The zero-order chi connectivity index (χ0) is 8.43. The molecule has 1 aliphatic rings. The van der Waals surface area contributed by atoms with E-state index in [2.05, 4.69) is 5.92 Å². The zero-order valence-corrected chi connectivity index (χ0v) is 6.58. The molecule has 1 heterocycles. The quantitative estimate of drug-likeness (QED) is 0.472. The molecule has 0 radical (unpaired) electrons. The largest absolute Gasteiger partial charge is 0.330 e. The lowest BCUT2D eigenvalue weighted by atomic mass is 10.1. The molecule has 0 aliphatic carbocycles. The molecule has 2 N–H and O–H groups in total. The third-order valence-electron chi connectivity index (χ3n) is 2.08. The molecular weight excluding hydrogens is 140 g/mol. The summed E-state index contributed by atoms with van der Waals surface area (Å²) in [5.41, 5.74) is 5.70. The Hall–Kier alpha value is -1.01. The molecule has 3 heteroatoms. The number of carbonyl (C=O) groups excluding carboxylic acids is 1. The van der Waals surface area contributed by atoms with Crippen LogP contribution in [-0.2, 0) is 4.79 Å². The van der Waals surface area contributed by atoms with Gasteiger partial charge in [0, 0.05) is 19.1 Å². The lowest BCUT2D eigenvalue weighted by Gasteiger charge is -2.10. The van der Waals surface area contributed by atoms with Crippen molar-refractivity contribution in [1.82, 2.24) is 4.90 Å². The van der Waals surface area contributed by atoms with Gasteiger partial charge in [-0.15, -0.1) is 6.42 Å². The number of carbonyl (C=O) groups is 1. The average molecular weight is 152 g/mol. The summed E-state index contributed by atoms with van der Waals surface area (Å²) in [4.78, 5) is 12.6. The second kappa shape index (κ2) is 2.93. The maximum absolute atomic E-state index is 10.9. The molecule has 2 atom stereocenters. The molecule has 11 heavy (non-hydrogen) atoms. The van der Waals surface area contributed by atoms with E-state index in [-0.39, 0.29) is 11.9 Å². The van der Waals surface area contributed by atoms with Gasteiger partial charge in [-0.05, 0) is 11.8 Å². The highest BCUT2D eigenvalue weighted by Gasteiger charge is 2.28. The van der Waals surface area contributed by atoms with Crippen molar-refractivity contribution in [1.29, 1.82) is 0 Å². The van der Waals surface area contributed by atoms with E-state index in [1.54, 1.807) is 4.90 Å². The monoisotopic (exact) mass is 152 g/mol. The molecule has 0 aromatic carbocycles. The van der Waals surface area contributed by atoms with Crippen LogP contribution < -0.4 is 5.73 Å². The second-order valence-corrected chi connectivity index (χ2v) is 3.00. The fourth-order valence-electron chi connectivity index (χ4n) is 1.25. The van der Waals surface area contributed by atoms with Crippen LogP contribution in [0.5, 0.6) is 0 Å². The molecule has 1 rings (SSSR count). The minimum atomic E-state index is -0.246. The molecule has 0 bridgehead atoms. The predicted octanol–water partition coefficient (Wildman–Crippen LogP) is -0.575. The standard InChI is InChI=1S/C8H12N2O/c1-3-8(11)10-4-6(2)7(9)5-10/h1,6-7H,4-5,9H2,2H3. The lowest BCUT2D eigenvalue weighted by Crippen LogP contribution is -2.31. The normalized spacial score (nSPS) is 30.1. The highest BCUT2D eigenvalue weighted by molar-refractivity contribution is 5.93. The van der Waals surface area contributed by atoms with Crippen LogP contribution >= 0.6 is 0 Å². The van der Waals surface area contributed by atoms with Crippen molar-refractivity contribution in [3.63, 3.8) is 0 Å². The molecular formula is C8H12N2O. The highest BCUT2D eigenvalue weighted by Crippen LogP contribution is 2.13. The highest BCUT2D eigenvalue weighted by atomic mass is 16.2. The second-order valence-electron chi connectivity index (χ2n) is 3.00. The number of likely N-dealkylation sites (tertiary alicyclic amines) is 1. The number of terminal acetylenes is 1. The van der Waals surface area contributed by atoms with E-state index >= 15 is 0 Å². The fourth-order valence-corrected chi connectivity index (χ4v) is 1.25. The van der Waals surface area contributed by atoms with Crippen LogP contribution in [0.2, 0.25) is 0 Å². The smallest absolute Gasteiger partial charge is 0.298 e. The third kappa shape index (κ3) is 1.52. The van der Waals surface area contributed by atoms with E-state index in [1.807, 2.05) is 6.92 Å². The summed E-state index contributed by atoms with van der Waals surface area (Å²) in [7, 11) is 0. The third-order valence-corrected chi connectivity index (χ3v) is 2.08. The van der Waals surface area contributed by atoms with Crippen LogP contribution in [0.1, 0.15) is 6.92 Å². The topological polar surface area (TPSA) is 46.3 Å². The van der Waals surface area contributed by atoms with Crippen molar-refractivity contribution in [3.8, 4) is 12.3 Å². The summed E-state index contributed by atoms with van der Waals surface area (Å²) in [5.74, 6) is 2.20. The van der Waals surface area contributed by atoms with Crippen molar-refractivity contribution in [3.05, 3.63) is 0 Å². The number of amides is 1. The van der Waals surface area contributed by atoms with Gasteiger partial charge >= 0.3 is 0 Å². The van der Waals surface area contributed by atoms with Gasteiger partial charge in [0.25, 0.3) is 5.91 Å². The SMILES string of the molecule is C#CC(=O)N1CC(C)C(N)C1. The van der Waals surface area contributed by atoms with Crippen LogP contribution in [0.4, 0.5) is 0 Å². The Morgan fingerprint density at radius 2 is 2.36 bits per heavy atom. The Morgan fingerprint density at radius 3 is 2.73 bits per heavy atom. The minimum Gasteiger partial charge on any atom is -0.330 e. The summed E-state index contributed by atoms with van der Waals surface area (Å²) in [5, 5.41) is 0. The van der Waals surface area contributed by atoms with Crippen LogP contribution in [0.15, 0.2) is 0 Å². The Balaban J connectivity index is 2.55. The van der Waals surface area contributed by atoms with Crippen LogP contribution in [0.25, 0.3) is 0 Å². The summed E-state index contributed by atoms with van der Waals surface area (Å²) in [6, 6.07) is 0.0901. The van der Waals surface area contributed by atoms with Gasteiger partial charge in [0.05, 0.1) is 0 Å². The maximum Gasteiger partial charge on any atom is 0.298 e. The van der Waals surface area contributed by atoms with E-state index in [4.69, 9.17) is 12.2 Å².